The summed E-state index contributed by atoms with van der Waals surface area (Å²) in [4.78, 5) is 13.5. The molecule has 0 aliphatic rings. The third-order valence-electron chi connectivity index (χ3n) is 4.92. The summed E-state index contributed by atoms with van der Waals surface area (Å²) >= 11 is 1.55. The molecule has 132 valence electrons. The van der Waals surface area contributed by atoms with Gasteiger partial charge < -0.3 is 10.3 Å². The van der Waals surface area contributed by atoms with E-state index in [2.05, 4.69) is 63.1 Å². The number of nitrogens with two attached hydrogens (primary N) is 1. The SMILES string of the molecule is Cn1ccc2ccc(-c3cc(C(N)c4cscn4)cc4nccnc34)cc21. The van der Waals surface area contributed by atoms with E-state index in [1.165, 1.54) is 10.9 Å². The van der Waals surface area contributed by atoms with Crippen LogP contribution in [-0.4, -0.2) is 19.5 Å². The molecular formula is C21H17N5S. The zero-order valence-electron chi connectivity index (χ0n) is 14.7. The average molecular weight is 371 g/mol. The largest absolute Gasteiger partial charge is 0.351 e. The van der Waals surface area contributed by atoms with Gasteiger partial charge in [-0.3, -0.25) is 9.97 Å². The number of fused-ring (bicyclic) bond motifs is 2. The molecule has 6 heteroatoms. The highest BCUT2D eigenvalue weighted by atomic mass is 32.1. The number of hydrogen-bond donors (Lipinski definition) is 1. The molecule has 0 bridgehead atoms. The quantitative estimate of drug-likeness (QED) is 0.513. The van der Waals surface area contributed by atoms with Crippen molar-refractivity contribution in [2.75, 3.05) is 0 Å². The monoisotopic (exact) mass is 371 g/mol. The number of aryl methyl sites for hydroxylation is 1. The third kappa shape index (κ3) is 2.70. The van der Waals surface area contributed by atoms with Gasteiger partial charge in [-0.2, -0.15) is 0 Å². The maximum Gasteiger partial charge on any atom is 0.0965 e. The molecule has 0 spiro atoms. The van der Waals surface area contributed by atoms with Crippen LogP contribution in [0.1, 0.15) is 17.3 Å². The normalized spacial score (nSPS) is 12.7. The lowest BCUT2D eigenvalue weighted by Gasteiger charge is -2.14. The van der Waals surface area contributed by atoms with Gasteiger partial charge in [0.25, 0.3) is 0 Å². The van der Waals surface area contributed by atoms with Crippen molar-refractivity contribution in [3.8, 4) is 11.1 Å². The van der Waals surface area contributed by atoms with Crippen LogP contribution in [0.2, 0.25) is 0 Å². The number of aromatic nitrogens is 4. The van der Waals surface area contributed by atoms with Crippen molar-refractivity contribution >= 4 is 33.3 Å². The first-order valence-corrected chi connectivity index (χ1v) is 9.59. The highest BCUT2D eigenvalue weighted by Crippen LogP contribution is 2.33. The molecule has 0 saturated heterocycles. The Balaban J connectivity index is 1.75. The third-order valence-corrected chi connectivity index (χ3v) is 5.53. The maximum atomic E-state index is 6.49. The molecule has 27 heavy (non-hydrogen) atoms. The lowest BCUT2D eigenvalue weighted by atomic mass is 9.96. The van der Waals surface area contributed by atoms with E-state index in [4.69, 9.17) is 5.73 Å². The predicted octanol–water partition coefficient (Wildman–Crippen LogP) is 4.29. The fraction of sp³-hybridized carbons (Fsp3) is 0.0952. The zero-order chi connectivity index (χ0) is 18.4. The maximum absolute atomic E-state index is 6.49. The van der Waals surface area contributed by atoms with E-state index in [1.807, 2.05) is 11.4 Å². The fourth-order valence-electron chi connectivity index (χ4n) is 3.47. The number of nitrogens with zero attached hydrogens (tertiary/aromatic N) is 4. The van der Waals surface area contributed by atoms with Crippen LogP contribution in [0.4, 0.5) is 0 Å². The van der Waals surface area contributed by atoms with Crippen LogP contribution in [-0.2, 0) is 7.05 Å². The Labute approximate surface area is 160 Å². The van der Waals surface area contributed by atoms with Gasteiger partial charge >= 0.3 is 0 Å². The zero-order valence-corrected chi connectivity index (χ0v) is 15.5. The Morgan fingerprint density at radius 1 is 1.04 bits per heavy atom. The first-order chi connectivity index (χ1) is 13.2. The number of rotatable bonds is 3. The van der Waals surface area contributed by atoms with Crippen LogP contribution in [0.3, 0.4) is 0 Å². The van der Waals surface area contributed by atoms with Gasteiger partial charge in [0.1, 0.15) is 0 Å². The molecule has 2 N–H and O–H groups in total. The van der Waals surface area contributed by atoms with Crippen LogP contribution in [0, 0.1) is 0 Å². The molecule has 3 heterocycles. The summed E-state index contributed by atoms with van der Waals surface area (Å²) in [5, 5.41) is 3.20. The summed E-state index contributed by atoms with van der Waals surface area (Å²) in [5.41, 5.74) is 15.2. The lowest BCUT2D eigenvalue weighted by molar-refractivity contribution is 0.840. The standard InChI is InChI=1S/C21H17N5S/c1-26-7-4-13-2-3-14(10-19(13)26)16-8-15(20(22)18-11-27-12-25-18)9-17-21(16)24-6-5-23-17/h2-12,20H,22H2,1H3. The van der Waals surface area contributed by atoms with E-state index in [0.29, 0.717) is 0 Å². The highest BCUT2D eigenvalue weighted by Gasteiger charge is 2.16. The highest BCUT2D eigenvalue weighted by molar-refractivity contribution is 7.07. The van der Waals surface area contributed by atoms with Gasteiger partial charge in [-0.05, 0) is 40.8 Å². The minimum atomic E-state index is -0.292. The van der Waals surface area contributed by atoms with E-state index >= 15 is 0 Å². The van der Waals surface area contributed by atoms with E-state index in [-0.39, 0.29) is 6.04 Å². The second-order valence-corrected chi connectivity index (χ2v) is 7.30. The van der Waals surface area contributed by atoms with Crippen molar-refractivity contribution in [2.24, 2.45) is 12.8 Å². The van der Waals surface area contributed by atoms with Crippen molar-refractivity contribution in [2.45, 2.75) is 6.04 Å². The molecule has 0 aliphatic carbocycles. The van der Waals surface area contributed by atoms with E-state index in [0.717, 1.165) is 33.4 Å². The minimum Gasteiger partial charge on any atom is -0.351 e. The molecule has 0 radical (unpaired) electrons. The van der Waals surface area contributed by atoms with Crippen LogP contribution >= 0.6 is 11.3 Å². The van der Waals surface area contributed by atoms with Crippen molar-refractivity contribution in [1.29, 1.82) is 0 Å². The first-order valence-electron chi connectivity index (χ1n) is 8.64. The Morgan fingerprint density at radius 2 is 1.93 bits per heavy atom. The number of thiazole rings is 1. The van der Waals surface area contributed by atoms with E-state index in [1.54, 1.807) is 29.2 Å². The van der Waals surface area contributed by atoms with Crippen molar-refractivity contribution < 1.29 is 0 Å². The first kappa shape index (κ1) is 16.1. The molecule has 0 aliphatic heterocycles. The molecule has 0 fully saturated rings. The number of benzene rings is 2. The smallest absolute Gasteiger partial charge is 0.0965 e. The van der Waals surface area contributed by atoms with Gasteiger partial charge in [0.15, 0.2) is 0 Å². The Kier molecular flexibility index (Phi) is 3.74. The summed E-state index contributed by atoms with van der Waals surface area (Å²) in [6, 6.07) is 12.4. The molecular weight excluding hydrogens is 354 g/mol. The molecule has 5 rings (SSSR count). The van der Waals surface area contributed by atoms with Crippen LogP contribution in [0.25, 0.3) is 33.1 Å². The van der Waals surface area contributed by atoms with Crippen molar-refractivity contribution in [3.63, 3.8) is 0 Å². The van der Waals surface area contributed by atoms with Crippen molar-refractivity contribution in [1.82, 2.24) is 19.5 Å². The Bertz CT molecular complexity index is 1260. The van der Waals surface area contributed by atoms with Gasteiger partial charge in [-0.15, -0.1) is 11.3 Å². The molecule has 0 saturated carbocycles. The second kappa shape index (κ2) is 6.26. The summed E-state index contributed by atoms with van der Waals surface area (Å²) in [6.07, 6.45) is 5.51. The van der Waals surface area contributed by atoms with E-state index < -0.39 is 0 Å². The molecule has 5 nitrogen and oxygen atoms in total. The molecule has 3 aromatic heterocycles. The van der Waals surface area contributed by atoms with Gasteiger partial charge in [0.05, 0.1) is 28.3 Å². The molecule has 1 atom stereocenters. The summed E-state index contributed by atoms with van der Waals surface area (Å²) in [5.74, 6) is 0. The lowest BCUT2D eigenvalue weighted by Crippen LogP contribution is -2.12. The topological polar surface area (TPSA) is 69.6 Å². The molecule has 5 aromatic rings. The van der Waals surface area contributed by atoms with Crippen LogP contribution in [0.5, 0.6) is 0 Å². The number of hydrogen-bond acceptors (Lipinski definition) is 5. The minimum absolute atomic E-state index is 0.292. The average Bonchev–Trinajstić information content (AvgIpc) is 3.37. The summed E-state index contributed by atoms with van der Waals surface area (Å²) < 4.78 is 2.12. The van der Waals surface area contributed by atoms with Crippen molar-refractivity contribution in [3.05, 3.63) is 77.1 Å². The van der Waals surface area contributed by atoms with Crippen LogP contribution in [0.15, 0.2) is 65.9 Å². The fourth-order valence-corrected chi connectivity index (χ4v) is 4.06. The van der Waals surface area contributed by atoms with Gasteiger partial charge in [0.2, 0.25) is 0 Å². The Morgan fingerprint density at radius 3 is 2.78 bits per heavy atom. The van der Waals surface area contributed by atoms with Gasteiger partial charge in [-0.25, -0.2) is 4.98 Å². The predicted molar refractivity (Wildman–Crippen MR) is 110 cm³/mol. The van der Waals surface area contributed by atoms with E-state index in [9.17, 15) is 0 Å². The van der Waals surface area contributed by atoms with Gasteiger partial charge in [-0.1, -0.05) is 12.1 Å². The molecule has 2 aromatic carbocycles. The second-order valence-electron chi connectivity index (χ2n) is 6.58. The van der Waals surface area contributed by atoms with Crippen LogP contribution < -0.4 is 5.73 Å². The molecule has 1 unspecified atom stereocenters. The molecule has 0 amide bonds. The Hall–Kier alpha value is -3.09. The summed E-state index contributed by atoms with van der Waals surface area (Å²) in [6.45, 7) is 0. The van der Waals surface area contributed by atoms with Gasteiger partial charge in [0, 0.05) is 42.1 Å². The summed E-state index contributed by atoms with van der Waals surface area (Å²) in [7, 11) is 2.05.